The first-order chi connectivity index (χ1) is 8.92. The molecule has 1 saturated heterocycles. The molecule has 3 rings (SSSR count). The van der Waals surface area contributed by atoms with Gasteiger partial charge in [-0.15, -0.1) is 0 Å². The molecular formula is C13H22N6. The van der Waals surface area contributed by atoms with Crippen molar-refractivity contribution in [3.63, 3.8) is 0 Å². The van der Waals surface area contributed by atoms with Crippen molar-refractivity contribution < 1.29 is 0 Å². The standard InChI is InChI=1S/C13H19N5.H3N/c1-2-8-18(10-13-16-6-7-17-13)11(3-1)9-12-14-4-5-15-12;/h4-7,11H,1-3,8-10H2,(H,14,15)(H,16,17);1H3. The molecule has 104 valence electrons. The van der Waals surface area contributed by atoms with Crippen molar-refractivity contribution in [2.24, 2.45) is 0 Å². The SMILES string of the molecule is N.c1c[nH]c(CC2CCCCN2Cc2ncc[nH]2)n1. The summed E-state index contributed by atoms with van der Waals surface area (Å²) in [4.78, 5) is 17.6. The predicted octanol–water partition coefficient (Wildman–Crippen LogP) is 1.89. The minimum absolute atomic E-state index is 0. The molecule has 1 unspecified atom stereocenters. The molecule has 0 aliphatic carbocycles. The van der Waals surface area contributed by atoms with Gasteiger partial charge < -0.3 is 16.1 Å². The highest BCUT2D eigenvalue weighted by Crippen LogP contribution is 2.21. The van der Waals surface area contributed by atoms with Crippen LogP contribution in [0.5, 0.6) is 0 Å². The third-order valence-corrected chi connectivity index (χ3v) is 3.64. The maximum Gasteiger partial charge on any atom is 0.120 e. The minimum Gasteiger partial charge on any atom is -0.349 e. The Labute approximate surface area is 113 Å². The third-order valence-electron chi connectivity index (χ3n) is 3.64. The van der Waals surface area contributed by atoms with Crippen LogP contribution in [0.25, 0.3) is 0 Å². The van der Waals surface area contributed by atoms with Gasteiger partial charge in [0.25, 0.3) is 0 Å². The molecule has 2 aromatic heterocycles. The van der Waals surface area contributed by atoms with Gasteiger partial charge in [-0.05, 0) is 19.4 Å². The van der Waals surface area contributed by atoms with E-state index < -0.39 is 0 Å². The molecule has 0 amide bonds. The van der Waals surface area contributed by atoms with Crippen LogP contribution < -0.4 is 6.15 Å². The zero-order chi connectivity index (χ0) is 12.2. The second-order valence-electron chi connectivity index (χ2n) is 4.90. The number of H-pyrrole nitrogens is 2. The summed E-state index contributed by atoms with van der Waals surface area (Å²) in [5, 5.41) is 0. The Morgan fingerprint density at radius 1 is 1.11 bits per heavy atom. The summed E-state index contributed by atoms with van der Waals surface area (Å²) in [6.07, 6.45) is 12.3. The average molecular weight is 262 g/mol. The Morgan fingerprint density at radius 3 is 2.53 bits per heavy atom. The van der Waals surface area contributed by atoms with Crippen molar-refractivity contribution in [3.8, 4) is 0 Å². The van der Waals surface area contributed by atoms with Crippen LogP contribution in [0.15, 0.2) is 24.8 Å². The fourth-order valence-corrected chi connectivity index (χ4v) is 2.71. The van der Waals surface area contributed by atoms with Crippen LogP contribution in [0.1, 0.15) is 30.9 Å². The van der Waals surface area contributed by atoms with Gasteiger partial charge in [0.2, 0.25) is 0 Å². The predicted molar refractivity (Wildman–Crippen MR) is 74.0 cm³/mol. The molecule has 0 spiro atoms. The maximum atomic E-state index is 4.34. The van der Waals surface area contributed by atoms with E-state index in [2.05, 4.69) is 24.8 Å². The van der Waals surface area contributed by atoms with E-state index in [1.54, 1.807) is 0 Å². The van der Waals surface area contributed by atoms with E-state index in [0.717, 1.165) is 31.2 Å². The van der Waals surface area contributed by atoms with E-state index in [1.807, 2.05) is 24.8 Å². The summed E-state index contributed by atoms with van der Waals surface area (Å²) in [6.45, 7) is 2.07. The van der Waals surface area contributed by atoms with Gasteiger partial charge >= 0.3 is 0 Å². The minimum atomic E-state index is 0. The number of hydrogen-bond donors (Lipinski definition) is 3. The Balaban J connectivity index is 0.00000133. The molecule has 19 heavy (non-hydrogen) atoms. The number of aromatic amines is 2. The van der Waals surface area contributed by atoms with Crippen LogP contribution in [0.3, 0.4) is 0 Å². The summed E-state index contributed by atoms with van der Waals surface area (Å²) in [5.74, 6) is 2.15. The van der Waals surface area contributed by atoms with E-state index in [9.17, 15) is 0 Å². The molecule has 2 aromatic rings. The maximum absolute atomic E-state index is 4.34. The second-order valence-corrected chi connectivity index (χ2v) is 4.90. The quantitative estimate of drug-likeness (QED) is 0.784. The van der Waals surface area contributed by atoms with Crippen LogP contribution in [0, 0.1) is 0 Å². The highest BCUT2D eigenvalue weighted by atomic mass is 15.2. The Bertz CT molecular complexity index is 405. The van der Waals surface area contributed by atoms with Gasteiger partial charge in [0.05, 0.1) is 6.54 Å². The Hall–Kier alpha value is -1.66. The van der Waals surface area contributed by atoms with Crippen LogP contribution in [0.4, 0.5) is 0 Å². The van der Waals surface area contributed by atoms with Gasteiger partial charge in [-0.25, -0.2) is 9.97 Å². The van der Waals surface area contributed by atoms with Crippen LogP contribution >= 0.6 is 0 Å². The van der Waals surface area contributed by atoms with E-state index in [1.165, 1.54) is 19.3 Å². The van der Waals surface area contributed by atoms with Crippen molar-refractivity contribution in [3.05, 3.63) is 36.4 Å². The number of likely N-dealkylation sites (tertiary alicyclic amines) is 1. The molecule has 1 atom stereocenters. The molecule has 0 saturated carbocycles. The van der Waals surface area contributed by atoms with Crippen molar-refractivity contribution in [2.45, 2.75) is 38.3 Å². The number of aromatic nitrogens is 4. The monoisotopic (exact) mass is 262 g/mol. The molecule has 6 heteroatoms. The molecule has 5 N–H and O–H groups in total. The summed E-state index contributed by atoms with van der Waals surface area (Å²) >= 11 is 0. The van der Waals surface area contributed by atoms with Gasteiger partial charge in [0.1, 0.15) is 11.6 Å². The largest absolute Gasteiger partial charge is 0.349 e. The highest BCUT2D eigenvalue weighted by Gasteiger charge is 2.23. The number of nitrogens with zero attached hydrogens (tertiary/aromatic N) is 3. The average Bonchev–Trinajstić information content (AvgIpc) is 3.05. The van der Waals surface area contributed by atoms with E-state index >= 15 is 0 Å². The highest BCUT2D eigenvalue weighted by molar-refractivity contribution is 4.95. The topological polar surface area (TPSA) is 95.6 Å². The zero-order valence-corrected chi connectivity index (χ0v) is 11.2. The lowest BCUT2D eigenvalue weighted by molar-refractivity contribution is 0.134. The normalized spacial score (nSPS) is 20.1. The second kappa shape index (κ2) is 6.49. The van der Waals surface area contributed by atoms with Gasteiger partial charge in [0, 0.05) is 37.3 Å². The molecule has 1 fully saturated rings. The third kappa shape index (κ3) is 3.42. The summed E-state index contributed by atoms with van der Waals surface area (Å²) in [6, 6.07) is 0.579. The molecule has 1 aliphatic heterocycles. The first-order valence-electron chi connectivity index (χ1n) is 6.62. The van der Waals surface area contributed by atoms with Gasteiger partial charge in [-0.1, -0.05) is 6.42 Å². The number of imidazole rings is 2. The molecule has 3 heterocycles. The van der Waals surface area contributed by atoms with Crippen LogP contribution in [-0.4, -0.2) is 37.4 Å². The Morgan fingerprint density at radius 2 is 1.84 bits per heavy atom. The smallest absolute Gasteiger partial charge is 0.120 e. The first-order valence-corrected chi connectivity index (χ1v) is 6.62. The molecule has 1 aliphatic rings. The van der Waals surface area contributed by atoms with Gasteiger partial charge in [-0.3, -0.25) is 4.90 Å². The number of nitrogens with one attached hydrogen (secondary N) is 2. The Kier molecular flexibility index (Phi) is 4.70. The van der Waals surface area contributed by atoms with Crippen molar-refractivity contribution in [1.82, 2.24) is 31.0 Å². The fourth-order valence-electron chi connectivity index (χ4n) is 2.71. The van der Waals surface area contributed by atoms with E-state index in [0.29, 0.717) is 6.04 Å². The molecule has 0 aromatic carbocycles. The van der Waals surface area contributed by atoms with Crippen molar-refractivity contribution in [2.75, 3.05) is 6.54 Å². The van der Waals surface area contributed by atoms with Gasteiger partial charge in [-0.2, -0.15) is 0 Å². The van der Waals surface area contributed by atoms with Crippen LogP contribution in [0.2, 0.25) is 0 Å². The number of rotatable bonds is 4. The summed E-state index contributed by atoms with van der Waals surface area (Å²) in [7, 11) is 0. The lowest BCUT2D eigenvalue weighted by Gasteiger charge is -2.34. The van der Waals surface area contributed by atoms with E-state index in [-0.39, 0.29) is 6.15 Å². The lowest BCUT2D eigenvalue weighted by atomic mass is 9.99. The molecule has 0 bridgehead atoms. The molecule has 0 radical (unpaired) electrons. The van der Waals surface area contributed by atoms with Crippen molar-refractivity contribution >= 4 is 0 Å². The summed E-state index contributed by atoms with van der Waals surface area (Å²) < 4.78 is 0. The lowest BCUT2D eigenvalue weighted by Crippen LogP contribution is -2.40. The van der Waals surface area contributed by atoms with Crippen LogP contribution in [-0.2, 0) is 13.0 Å². The first kappa shape index (κ1) is 13.8. The number of piperidine rings is 1. The van der Waals surface area contributed by atoms with E-state index in [4.69, 9.17) is 0 Å². The fraction of sp³-hybridized carbons (Fsp3) is 0.538. The molecular weight excluding hydrogens is 240 g/mol. The number of hydrogen-bond acceptors (Lipinski definition) is 4. The van der Waals surface area contributed by atoms with Gasteiger partial charge in [0.15, 0.2) is 0 Å². The van der Waals surface area contributed by atoms with Crippen molar-refractivity contribution in [1.29, 1.82) is 0 Å². The summed E-state index contributed by atoms with van der Waals surface area (Å²) in [5.41, 5.74) is 0. The zero-order valence-electron chi connectivity index (χ0n) is 11.2. The molecule has 6 nitrogen and oxygen atoms in total.